The number of benzene rings is 3. The monoisotopic (exact) mass is 548 g/mol. The molecule has 0 fully saturated rings. The van der Waals surface area contributed by atoms with Crippen LogP contribution in [0.25, 0.3) is 0 Å². The fourth-order valence-electron chi connectivity index (χ4n) is 2.89. The molecule has 0 spiro atoms. The van der Waals surface area contributed by atoms with Crippen molar-refractivity contribution >= 4 is 46.9 Å². The summed E-state index contributed by atoms with van der Waals surface area (Å²) in [5, 5.41) is 7.82. The largest absolute Gasteiger partial charge is 0.497 e. The molecule has 198 valence electrons. The van der Waals surface area contributed by atoms with Gasteiger partial charge < -0.3 is 20.1 Å². The quantitative estimate of drug-likeness (QED) is 0.218. The second kappa shape index (κ2) is 12.6. The molecule has 0 radical (unpaired) electrons. The summed E-state index contributed by atoms with van der Waals surface area (Å²) in [5.74, 6) is -1.74. The maximum absolute atomic E-state index is 12.9. The molecule has 3 N–H and O–H groups in total. The number of alkyl halides is 3. The van der Waals surface area contributed by atoms with E-state index in [9.17, 15) is 27.6 Å². The van der Waals surface area contributed by atoms with E-state index in [1.165, 1.54) is 6.21 Å². The summed E-state index contributed by atoms with van der Waals surface area (Å²) in [5.41, 5.74) is 1.66. The Balaban J connectivity index is 1.45. The van der Waals surface area contributed by atoms with Gasteiger partial charge in [-0.2, -0.15) is 18.3 Å². The lowest BCUT2D eigenvalue weighted by Crippen LogP contribution is -2.32. The van der Waals surface area contributed by atoms with Crippen LogP contribution in [0.3, 0.4) is 0 Å². The first-order chi connectivity index (χ1) is 18.0. The zero-order chi connectivity index (χ0) is 27.7. The van der Waals surface area contributed by atoms with Gasteiger partial charge in [-0.25, -0.2) is 5.43 Å². The number of carbonyl (C=O) groups is 3. The van der Waals surface area contributed by atoms with Gasteiger partial charge in [0.2, 0.25) is 0 Å². The molecule has 0 heterocycles. The van der Waals surface area contributed by atoms with Crippen LogP contribution in [0, 0.1) is 0 Å². The van der Waals surface area contributed by atoms with Gasteiger partial charge in [0, 0.05) is 11.4 Å². The van der Waals surface area contributed by atoms with Crippen molar-refractivity contribution in [3.63, 3.8) is 0 Å². The maximum Gasteiger partial charge on any atom is 0.417 e. The number of halogens is 4. The van der Waals surface area contributed by atoms with Crippen LogP contribution in [0.5, 0.6) is 11.5 Å². The zero-order valence-electron chi connectivity index (χ0n) is 19.6. The Labute approximate surface area is 219 Å². The summed E-state index contributed by atoms with van der Waals surface area (Å²) in [6.45, 7) is -0.233. The minimum atomic E-state index is -4.73. The van der Waals surface area contributed by atoms with Crippen LogP contribution in [-0.2, 0) is 20.6 Å². The molecular formula is C25H20ClF3N4O5. The van der Waals surface area contributed by atoms with Crippen molar-refractivity contribution in [2.75, 3.05) is 24.4 Å². The number of carbonyl (C=O) groups excluding carboxylic acids is 3. The van der Waals surface area contributed by atoms with Crippen LogP contribution in [-0.4, -0.2) is 37.7 Å². The fourth-order valence-corrected chi connectivity index (χ4v) is 3.12. The summed E-state index contributed by atoms with van der Waals surface area (Å²) in [6, 6.07) is 15.8. The Bertz CT molecular complexity index is 1330. The van der Waals surface area contributed by atoms with Gasteiger partial charge in [0.1, 0.15) is 11.5 Å². The predicted molar refractivity (Wildman–Crippen MR) is 134 cm³/mol. The number of methoxy groups -OCH3 is 1. The third kappa shape index (κ3) is 8.23. The third-order valence-electron chi connectivity index (χ3n) is 4.74. The molecule has 0 unspecified atom stereocenters. The summed E-state index contributed by atoms with van der Waals surface area (Å²) >= 11 is 5.53. The molecule has 3 rings (SSSR count). The summed E-state index contributed by atoms with van der Waals surface area (Å²) < 4.78 is 49.3. The van der Waals surface area contributed by atoms with Crippen molar-refractivity contribution < 1.29 is 37.0 Å². The molecule has 0 bridgehead atoms. The van der Waals surface area contributed by atoms with Crippen molar-refractivity contribution in [1.82, 2.24) is 5.43 Å². The second-order valence-electron chi connectivity index (χ2n) is 7.48. The van der Waals surface area contributed by atoms with E-state index < -0.39 is 28.6 Å². The summed E-state index contributed by atoms with van der Waals surface area (Å²) in [7, 11) is 1.54. The average Bonchev–Trinajstić information content (AvgIpc) is 2.89. The van der Waals surface area contributed by atoms with E-state index in [-0.39, 0.29) is 18.2 Å². The van der Waals surface area contributed by atoms with Gasteiger partial charge in [0.25, 0.3) is 5.91 Å². The van der Waals surface area contributed by atoms with E-state index >= 15 is 0 Å². The number of nitrogens with one attached hydrogen (secondary N) is 3. The lowest BCUT2D eigenvalue weighted by molar-refractivity contribution is -0.137. The Morgan fingerprint density at radius 1 is 0.895 bits per heavy atom. The number of ether oxygens (including phenoxy) is 2. The number of hydrogen-bond donors (Lipinski definition) is 3. The molecule has 0 saturated heterocycles. The van der Waals surface area contributed by atoms with E-state index in [2.05, 4.69) is 10.4 Å². The second-order valence-corrected chi connectivity index (χ2v) is 7.89. The number of hydrogen-bond acceptors (Lipinski definition) is 6. The lowest BCUT2D eigenvalue weighted by atomic mass is 10.2. The van der Waals surface area contributed by atoms with Crippen LogP contribution < -0.4 is 25.5 Å². The molecule has 13 heteroatoms. The number of nitrogens with zero attached hydrogens (tertiary/aromatic N) is 1. The van der Waals surface area contributed by atoms with Crippen LogP contribution in [0.15, 0.2) is 71.8 Å². The first-order valence-electron chi connectivity index (χ1n) is 10.7. The Morgan fingerprint density at radius 2 is 1.53 bits per heavy atom. The Morgan fingerprint density at radius 3 is 2.16 bits per heavy atom. The van der Waals surface area contributed by atoms with Crippen LogP contribution in [0.1, 0.15) is 11.1 Å². The van der Waals surface area contributed by atoms with Crippen molar-refractivity contribution in [2.45, 2.75) is 6.18 Å². The van der Waals surface area contributed by atoms with Gasteiger partial charge in [-0.3, -0.25) is 14.4 Å². The van der Waals surface area contributed by atoms with Crippen LogP contribution >= 0.6 is 11.6 Å². The Hall–Kier alpha value is -4.58. The van der Waals surface area contributed by atoms with Gasteiger partial charge in [0.05, 0.1) is 23.9 Å². The smallest absolute Gasteiger partial charge is 0.417 e. The van der Waals surface area contributed by atoms with Gasteiger partial charge in [-0.1, -0.05) is 11.6 Å². The Kier molecular flexibility index (Phi) is 9.28. The highest BCUT2D eigenvalue weighted by atomic mass is 35.5. The normalized spacial score (nSPS) is 11.1. The van der Waals surface area contributed by atoms with Crippen LogP contribution in [0.2, 0.25) is 5.02 Å². The third-order valence-corrected chi connectivity index (χ3v) is 5.07. The lowest BCUT2D eigenvalue weighted by Gasteiger charge is -2.11. The zero-order valence-corrected chi connectivity index (χ0v) is 20.4. The highest BCUT2D eigenvalue weighted by molar-refractivity contribution is 6.39. The van der Waals surface area contributed by atoms with Crippen molar-refractivity contribution in [1.29, 1.82) is 0 Å². The molecule has 0 aliphatic carbocycles. The van der Waals surface area contributed by atoms with Gasteiger partial charge in [-0.05, 0) is 72.3 Å². The summed E-state index contributed by atoms with van der Waals surface area (Å²) in [4.78, 5) is 35.9. The number of amides is 3. The minimum Gasteiger partial charge on any atom is -0.497 e. The highest BCUT2D eigenvalue weighted by Crippen LogP contribution is 2.36. The number of rotatable bonds is 8. The van der Waals surface area contributed by atoms with E-state index in [0.29, 0.717) is 28.8 Å². The van der Waals surface area contributed by atoms with Crippen LogP contribution in [0.4, 0.5) is 24.5 Å². The first-order valence-corrected chi connectivity index (χ1v) is 11.1. The molecule has 38 heavy (non-hydrogen) atoms. The molecule has 9 nitrogen and oxygen atoms in total. The standard InChI is InChI=1S/C25H20ClF3N4O5/c1-37-18-9-4-16(5-10-18)31-22(34)14-38-19-7-2-15(3-8-19)13-30-33-24(36)23(35)32-17-6-11-21(26)20(12-17)25(27,28)29/h2-13H,14H2,1H3,(H,31,34)(H,32,35)(H,33,36)/b30-13-. The molecule has 0 atom stereocenters. The molecule has 0 saturated carbocycles. The minimum absolute atomic E-state index is 0.233. The van der Waals surface area contributed by atoms with Crippen molar-refractivity contribution in [2.24, 2.45) is 5.10 Å². The summed E-state index contributed by atoms with van der Waals surface area (Å²) in [6.07, 6.45) is -3.50. The SMILES string of the molecule is COc1ccc(NC(=O)COc2ccc(/C=N\NC(=O)C(=O)Nc3ccc(Cl)c(C(F)(F)F)c3)cc2)cc1. The average molecular weight is 549 g/mol. The van der Waals surface area contributed by atoms with Gasteiger partial charge in [-0.15, -0.1) is 0 Å². The van der Waals surface area contributed by atoms with E-state index in [1.807, 2.05) is 10.7 Å². The topological polar surface area (TPSA) is 118 Å². The van der Waals surface area contributed by atoms with E-state index in [0.717, 1.165) is 12.1 Å². The van der Waals surface area contributed by atoms with Crippen molar-refractivity contribution in [3.05, 3.63) is 82.9 Å². The predicted octanol–water partition coefficient (Wildman–Crippen LogP) is 4.47. The first kappa shape index (κ1) is 28.0. The van der Waals surface area contributed by atoms with E-state index in [4.69, 9.17) is 21.1 Å². The number of hydrazone groups is 1. The molecular weight excluding hydrogens is 529 g/mol. The highest BCUT2D eigenvalue weighted by Gasteiger charge is 2.33. The molecule has 3 aromatic carbocycles. The van der Waals surface area contributed by atoms with Gasteiger partial charge >= 0.3 is 18.0 Å². The molecule has 3 aromatic rings. The van der Waals surface area contributed by atoms with Crippen molar-refractivity contribution in [3.8, 4) is 11.5 Å². The molecule has 0 aliphatic rings. The number of anilines is 2. The molecule has 0 aromatic heterocycles. The molecule has 3 amide bonds. The fraction of sp³-hybridized carbons (Fsp3) is 0.120. The molecule has 0 aliphatic heterocycles. The van der Waals surface area contributed by atoms with E-state index in [1.54, 1.807) is 55.6 Å². The maximum atomic E-state index is 12.9. The van der Waals surface area contributed by atoms with Gasteiger partial charge in [0.15, 0.2) is 6.61 Å².